The molecule has 3 heteroatoms. The standard InChI is InChI=1S/C17H29N3/c1-3-19(4-2)15-17(16-9-6-5-7-10-16)20-13-8-11-18-12-14-20/h5-7,9-10,17-18H,3-4,8,11-15H2,1-2H3. The normalized spacial score (nSPS) is 18.9. The summed E-state index contributed by atoms with van der Waals surface area (Å²) in [5.74, 6) is 0. The first-order chi connectivity index (χ1) is 9.85. The van der Waals surface area contributed by atoms with Crippen molar-refractivity contribution in [1.82, 2.24) is 15.1 Å². The summed E-state index contributed by atoms with van der Waals surface area (Å²) in [6.45, 7) is 12.5. The van der Waals surface area contributed by atoms with Crippen LogP contribution in [0.5, 0.6) is 0 Å². The number of rotatable bonds is 6. The summed E-state index contributed by atoms with van der Waals surface area (Å²) >= 11 is 0. The van der Waals surface area contributed by atoms with Gasteiger partial charge < -0.3 is 10.2 Å². The Morgan fingerprint density at radius 1 is 1.10 bits per heavy atom. The molecule has 1 atom stereocenters. The Bertz CT molecular complexity index is 354. The highest BCUT2D eigenvalue weighted by atomic mass is 15.2. The molecular weight excluding hydrogens is 246 g/mol. The molecule has 0 amide bonds. The Morgan fingerprint density at radius 3 is 2.55 bits per heavy atom. The summed E-state index contributed by atoms with van der Waals surface area (Å²) in [7, 11) is 0. The average molecular weight is 275 g/mol. The Morgan fingerprint density at radius 2 is 1.85 bits per heavy atom. The topological polar surface area (TPSA) is 18.5 Å². The maximum Gasteiger partial charge on any atom is 0.0475 e. The van der Waals surface area contributed by atoms with Crippen LogP contribution in [-0.4, -0.2) is 55.6 Å². The molecule has 3 nitrogen and oxygen atoms in total. The number of nitrogens with one attached hydrogen (secondary N) is 1. The van der Waals surface area contributed by atoms with Gasteiger partial charge in [-0.05, 0) is 31.6 Å². The van der Waals surface area contributed by atoms with E-state index < -0.39 is 0 Å². The van der Waals surface area contributed by atoms with E-state index in [-0.39, 0.29) is 0 Å². The summed E-state index contributed by atoms with van der Waals surface area (Å²) in [5.41, 5.74) is 1.46. The van der Waals surface area contributed by atoms with E-state index in [1.807, 2.05) is 0 Å². The fraction of sp³-hybridized carbons (Fsp3) is 0.647. The number of benzene rings is 1. The van der Waals surface area contributed by atoms with Gasteiger partial charge in [-0.2, -0.15) is 0 Å². The molecule has 1 saturated heterocycles. The summed E-state index contributed by atoms with van der Waals surface area (Å²) in [5, 5.41) is 3.51. The Labute approximate surface area is 124 Å². The zero-order chi connectivity index (χ0) is 14.2. The van der Waals surface area contributed by atoms with Crippen LogP contribution in [0.1, 0.15) is 31.9 Å². The van der Waals surface area contributed by atoms with Gasteiger partial charge in [0.25, 0.3) is 0 Å². The molecule has 1 fully saturated rings. The van der Waals surface area contributed by atoms with E-state index in [0.717, 1.165) is 39.3 Å². The molecular formula is C17H29N3. The van der Waals surface area contributed by atoms with Crippen molar-refractivity contribution in [2.24, 2.45) is 0 Å². The molecule has 1 aromatic carbocycles. The minimum absolute atomic E-state index is 0.524. The second-order valence-electron chi connectivity index (χ2n) is 5.55. The highest BCUT2D eigenvalue weighted by Crippen LogP contribution is 2.22. The number of nitrogens with zero attached hydrogens (tertiary/aromatic N) is 2. The minimum Gasteiger partial charge on any atom is -0.315 e. The van der Waals surface area contributed by atoms with Crippen LogP contribution in [0.2, 0.25) is 0 Å². The van der Waals surface area contributed by atoms with Crippen LogP contribution in [0.25, 0.3) is 0 Å². The number of hydrogen-bond acceptors (Lipinski definition) is 3. The molecule has 0 spiro atoms. The third-order valence-electron chi connectivity index (χ3n) is 4.33. The van der Waals surface area contributed by atoms with Gasteiger partial charge >= 0.3 is 0 Å². The molecule has 0 radical (unpaired) electrons. The summed E-state index contributed by atoms with van der Waals surface area (Å²) in [4.78, 5) is 5.20. The van der Waals surface area contributed by atoms with E-state index in [1.165, 1.54) is 18.5 Å². The molecule has 0 aliphatic carbocycles. The molecule has 1 unspecified atom stereocenters. The second-order valence-corrected chi connectivity index (χ2v) is 5.55. The van der Waals surface area contributed by atoms with Crippen molar-refractivity contribution < 1.29 is 0 Å². The van der Waals surface area contributed by atoms with Crippen molar-refractivity contribution in [2.45, 2.75) is 26.3 Å². The van der Waals surface area contributed by atoms with Gasteiger partial charge in [-0.15, -0.1) is 0 Å². The van der Waals surface area contributed by atoms with Crippen LogP contribution in [0.4, 0.5) is 0 Å². The maximum absolute atomic E-state index is 3.51. The zero-order valence-electron chi connectivity index (χ0n) is 13.0. The van der Waals surface area contributed by atoms with Crippen LogP contribution in [0, 0.1) is 0 Å². The van der Waals surface area contributed by atoms with E-state index in [0.29, 0.717) is 6.04 Å². The molecule has 1 aliphatic heterocycles. The lowest BCUT2D eigenvalue weighted by molar-refractivity contribution is 0.151. The van der Waals surface area contributed by atoms with Gasteiger partial charge in [0, 0.05) is 32.2 Å². The van der Waals surface area contributed by atoms with Crippen molar-refractivity contribution in [1.29, 1.82) is 0 Å². The largest absolute Gasteiger partial charge is 0.315 e. The first kappa shape index (κ1) is 15.5. The molecule has 0 saturated carbocycles. The number of likely N-dealkylation sites (N-methyl/N-ethyl adjacent to an activating group) is 1. The zero-order valence-corrected chi connectivity index (χ0v) is 13.0. The number of hydrogen-bond donors (Lipinski definition) is 1. The van der Waals surface area contributed by atoms with E-state index in [4.69, 9.17) is 0 Å². The highest BCUT2D eigenvalue weighted by molar-refractivity contribution is 5.19. The first-order valence-electron chi connectivity index (χ1n) is 8.07. The van der Waals surface area contributed by atoms with Crippen LogP contribution in [0.15, 0.2) is 30.3 Å². The van der Waals surface area contributed by atoms with Gasteiger partial charge in [0.1, 0.15) is 0 Å². The molecule has 1 N–H and O–H groups in total. The summed E-state index contributed by atoms with van der Waals surface area (Å²) < 4.78 is 0. The van der Waals surface area contributed by atoms with E-state index in [1.54, 1.807) is 0 Å². The maximum atomic E-state index is 3.51. The molecule has 1 aliphatic rings. The Hall–Kier alpha value is -0.900. The van der Waals surface area contributed by atoms with E-state index >= 15 is 0 Å². The smallest absolute Gasteiger partial charge is 0.0475 e. The molecule has 20 heavy (non-hydrogen) atoms. The quantitative estimate of drug-likeness (QED) is 0.860. The van der Waals surface area contributed by atoms with Gasteiger partial charge in [0.2, 0.25) is 0 Å². The molecule has 2 rings (SSSR count). The third kappa shape index (κ3) is 4.30. The molecule has 0 bridgehead atoms. The van der Waals surface area contributed by atoms with Gasteiger partial charge in [-0.25, -0.2) is 0 Å². The fourth-order valence-electron chi connectivity index (χ4n) is 3.01. The minimum atomic E-state index is 0.524. The summed E-state index contributed by atoms with van der Waals surface area (Å²) in [6.07, 6.45) is 1.25. The van der Waals surface area contributed by atoms with Crippen LogP contribution < -0.4 is 5.32 Å². The lowest BCUT2D eigenvalue weighted by atomic mass is 10.0. The molecule has 112 valence electrons. The van der Waals surface area contributed by atoms with Crippen molar-refractivity contribution in [3.05, 3.63) is 35.9 Å². The lowest BCUT2D eigenvalue weighted by Gasteiger charge is -2.34. The Kier molecular flexibility index (Phi) is 6.51. The van der Waals surface area contributed by atoms with Gasteiger partial charge in [-0.3, -0.25) is 4.90 Å². The average Bonchev–Trinajstić information content (AvgIpc) is 2.78. The Balaban J connectivity index is 2.14. The van der Waals surface area contributed by atoms with Crippen LogP contribution in [0.3, 0.4) is 0 Å². The van der Waals surface area contributed by atoms with Crippen molar-refractivity contribution in [2.75, 3.05) is 45.8 Å². The molecule has 1 heterocycles. The molecule has 1 aromatic rings. The van der Waals surface area contributed by atoms with Gasteiger partial charge in [0.05, 0.1) is 0 Å². The SMILES string of the molecule is CCN(CC)CC(c1ccccc1)N1CCCNCC1. The molecule has 0 aromatic heterocycles. The predicted molar refractivity (Wildman–Crippen MR) is 86.0 cm³/mol. The fourth-order valence-corrected chi connectivity index (χ4v) is 3.01. The van der Waals surface area contributed by atoms with Gasteiger partial charge in [0.15, 0.2) is 0 Å². The van der Waals surface area contributed by atoms with Crippen molar-refractivity contribution >= 4 is 0 Å². The van der Waals surface area contributed by atoms with Crippen LogP contribution in [-0.2, 0) is 0 Å². The van der Waals surface area contributed by atoms with Crippen LogP contribution >= 0.6 is 0 Å². The van der Waals surface area contributed by atoms with E-state index in [9.17, 15) is 0 Å². The summed E-state index contributed by atoms with van der Waals surface area (Å²) in [6, 6.07) is 11.5. The van der Waals surface area contributed by atoms with Crippen molar-refractivity contribution in [3.8, 4) is 0 Å². The van der Waals surface area contributed by atoms with Crippen molar-refractivity contribution in [3.63, 3.8) is 0 Å². The van der Waals surface area contributed by atoms with Gasteiger partial charge in [-0.1, -0.05) is 44.2 Å². The lowest BCUT2D eigenvalue weighted by Crippen LogP contribution is -2.39. The third-order valence-corrected chi connectivity index (χ3v) is 4.33. The highest BCUT2D eigenvalue weighted by Gasteiger charge is 2.22. The predicted octanol–water partition coefficient (Wildman–Crippen LogP) is 2.36. The first-order valence-corrected chi connectivity index (χ1v) is 8.07. The van der Waals surface area contributed by atoms with E-state index in [2.05, 4.69) is 59.3 Å². The monoisotopic (exact) mass is 275 g/mol. The second kappa shape index (κ2) is 8.40.